The van der Waals surface area contributed by atoms with Crippen LogP contribution < -0.4 is 10.6 Å². The van der Waals surface area contributed by atoms with Gasteiger partial charge in [0.05, 0.1) is 17.6 Å². The number of aromatic amines is 1. The van der Waals surface area contributed by atoms with E-state index >= 15 is 0 Å². The van der Waals surface area contributed by atoms with Crippen LogP contribution in [0.1, 0.15) is 40.2 Å². The van der Waals surface area contributed by atoms with Crippen molar-refractivity contribution in [1.29, 1.82) is 0 Å². The summed E-state index contributed by atoms with van der Waals surface area (Å²) < 4.78 is 0.902. The number of H-pyrrole nitrogens is 1. The normalized spacial score (nSPS) is 17.7. The third-order valence-corrected chi connectivity index (χ3v) is 7.46. The minimum Gasteiger partial charge on any atom is -0.348 e. The molecule has 2 aliphatic rings. The number of nitrogens with one attached hydrogen (secondary N) is 3. The molecule has 1 atom stereocenters. The average molecular weight is 522 g/mol. The molecule has 8 heteroatoms. The number of hydrogen-bond acceptors (Lipinski definition) is 4. The number of piperidine rings is 1. The summed E-state index contributed by atoms with van der Waals surface area (Å²) in [5.74, 6) is -0.285. The molecule has 1 aromatic heterocycles. The molecule has 34 heavy (non-hydrogen) atoms. The molecule has 176 valence electrons. The Morgan fingerprint density at radius 3 is 2.56 bits per heavy atom. The van der Waals surface area contributed by atoms with Gasteiger partial charge in [-0.1, -0.05) is 46.3 Å². The first-order valence-electron chi connectivity index (χ1n) is 11.7. The number of imidazole rings is 1. The highest BCUT2D eigenvalue weighted by molar-refractivity contribution is 9.10. The second-order valence-electron chi connectivity index (χ2n) is 9.04. The number of hydrogen-bond donors (Lipinski definition) is 3. The Kier molecular flexibility index (Phi) is 6.52. The number of carbonyl (C=O) groups is 2. The summed E-state index contributed by atoms with van der Waals surface area (Å²) >= 11 is 3.40. The topological polar surface area (TPSA) is 90.1 Å². The van der Waals surface area contributed by atoms with Crippen LogP contribution in [0.5, 0.6) is 0 Å². The van der Waals surface area contributed by atoms with E-state index in [1.54, 1.807) is 18.5 Å². The number of nitrogens with zero attached hydrogens (tertiary/aromatic N) is 2. The second kappa shape index (κ2) is 9.72. The van der Waals surface area contributed by atoms with Crippen molar-refractivity contribution in [2.24, 2.45) is 0 Å². The van der Waals surface area contributed by atoms with Gasteiger partial charge in [-0.25, -0.2) is 4.98 Å². The van der Waals surface area contributed by atoms with E-state index in [-0.39, 0.29) is 17.4 Å². The van der Waals surface area contributed by atoms with E-state index < -0.39 is 6.04 Å². The number of rotatable bonds is 5. The number of halogens is 1. The van der Waals surface area contributed by atoms with E-state index in [1.807, 2.05) is 47.4 Å². The molecular weight excluding hydrogens is 494 g/mol. The van der Waals surface area contributed by atoms with Crippen LogP contribution in [0, 0.1) is 0 Å². The maximum absolute atomic E-state index is 13.7. The number of amides is 2. The first-order chi connectivity index (χ1) is 16.5. The van der Waals surface area contributed by atoms with Crippen LogP contribution in [-0.4, -0.2) is 52.4 Å². The number of carbonyl (C=O) groups excluding carboxylic acids is 2. The quantitative estimate of drug-likeness (QED) is 0.480. The van der Waals surface area contributed by atoms with Gasteiger partial charge in [0.15, 0.2) is 0 Å². The molecule has 2 aliphatic heterocycles. The summed E-state index contributed by atoms with van der Waals surface area (Å²) in [6.07, 6.45) is 4.77. The molecule has 0 radical (unpaired) electrons. The molecule has 2 aromatic carbocycles. The van der Waals surface area contributed by atoms with Crippen molar-refractivity contribution in [2.45, 2.75) is 37.3 Å². The monoisotopic (exact) mass is 521 g/mol. The fraction of sp³-hybridized carbons (Fsp3) is 0.346. The smallest absolute Gasteiger partial charge is 0.251 e. The van der Waals surface area contributed by atoms with Crippen LogP contribution in [0.25, 0.3) is 0 Å². The van der Waals surface area contributed by atoms with E-state index in [0.29, 0.717) is 25.1 Å². The van der Waals surface area contributed by atoms with E-state index in [0.717, 1.165) is 41.5 Å². The summed E-state index contributed by atoms with van der Waals surface area (Å²) in [5.41, 5.74) is 3.65. The molecule has 2 amide bonds. The lowest BCUT2D eigenvalue weighted by atomic mass is 9.80. The first kappa shape index (κ1) is 22.8. The first-order valence-corrected chi connectivity index (χ1v) is 12.5. The summed E-state index contributed by atoms with van der Waals surface area (Å²) in [6, 6.07) is 16.4. The predicted octanol–water partition coefficient (Wildman–Crippen LogP) is 3.18. The molecule has 0 aliphatic carbocycles. The van der Waals surface area contributed by atoms with Crippen LogP contribution in [-0.2, 0) is 23.2 Å². The fourth-order valence-corrected chi connectivity index (χ4v) is 5.33. The standard InChI is InChI=1S/C26H28BrN5O2/c27-20-8-6-19(7-9-20)24(33)31-22(16-18-4-2-1-3-5-18)25(34)32-14-11-26(12-15-32)23-21(10-13-30-26)28-17-29-23/h1-9,17,22,30H,10-16H2,(H,28,29)(H,31,33). The van der Waals surface area contributed by atoms with Crippen molar-refractivity contribution in [2.75, 3.05) is 19.6 Å². The summed E-state index contributed by atoms with van der Waals surface area (Å²) in [5, 5.41) is 6.67. The molecule has 1 fully saturated rings. The predicted molar refractivity (Wildman–Crippen MR) is 133 cm³/mol. The van der Waals surface area contributed by atoms with Gasteiger partial charge in [0.1, 0.15) is 6.04 Å². The molecule has 1 spiro atoms. The molecule has 1 unspecified atom stereocenters. The largest absolute Gasteiger partial charge is 0.348 e. The van der Waals surface area contributed by atoms with Gasteiger partial charge >= 0.3 is 0 Å². The minimum absolute atomic E-state index is 0.0396. The van der Waals surface area contributed by atoms with E-state index in [4.69, 9.17) is 0 Å². The van der Waals surface area contributed by atoms with Crippen LogP contribution in [0.3, 0.4) is 0 Å². The molecule has 7 nitrogen and oxygen atoms in total. The van der Waals surface area contributed by atoms with E-state index in [2.05, 4.69) is 36.5 Å². The highest BCUT2D eigenvalue weighted by Crippen LogP contribution is 2.36. The Morgan fingerprint density at radius 1 is 1.09 bits per heavy atom. The van der Waals surface area contributed by atoms with Gasteiger partial charge in [-0.2, -0.15) is 0 Å². The van der Waals surface area contributed by atoms with Crippen LogP contribution in [0.4, 0.5) is 0 Å². The zero-order valence-electron chi connectivity index (χ0n) is 18.9. The summed E-state index contributed by atoms with van der Waals surface area (Å²) in [7, 11) is 0. The van der Waals surface area contributed by atoms with Crippen LogP contribution in [0.15, 0.2) is 65.4 Å². The van der Waals surface area contributed by atoms with Crippen LogP contribution >= 0.6 is 15.9 Å². The van der Waals surface area contributed by atoms with Crippen molar-refractivity contribution >= 4 is 27.7 Å². The van der Waals surface area contributed by atoms with Crippen LogP contribution in [0.2, 0.25) is 0 Å². The Morgan fingerprint density at radius 2 is 1.82 bits per heavy atom. The van der Waals surface area contributed by atoms with Gasteiger partial charge < -0.3 is 20.5 Å². The Hall–Kier alpha value is -2.97. The Labute approximate surface area is 207 Å². The van der Waals surface area contributed by atoms with Crippen molar-refractivity contribution in [1.82, 2.24) is 25.5 Å². The van der Waals surface area contributed by atoms with Crippen molar-refractivity contribution in [3.05, 3.63) is 87.9 Å². The van der Waals surface area contributed by atoms with Crippen molar-refractivity contribution in [3.8, 4) is 0 Å². The highest BCUT2D eigenvalue weighted by Gasteiger charge is 2.42. The number of likely N-dealkylation sites (tertiary alicyclic amines) is 1. The third kappa shape index (κ3) is 4.65. The number of aromatic nitrogens is 2. The van der Waals surface area contributed by atoms with E-state index in [1.165, 1.54) is 5.69 Å². The van der Waals surface area contributed by atoms with Gasteiger partial charge in [-0.05, 0) is 42.7 Å². The minimum atomic E-state index is -0.632. The molecule has 0 saturated carbocycles. The van der Waals surface area contributed by atoms with Gasteiger partial charge in [0.25, 0.3) is 5.91 Å². The maximum atomic E-state index is 13.7. The number of fused-ring (bicyclic) bond motifs is 2. The number of benzene rings is 2. The van der Waals surface area contributed by atoms with Gasteiger partial charge in [-0.3, -0.25) is 9.59 Å². The lowest BCUT2D eigenvalue weighted by Crippen LogP contribution is -2.58. The Bertz CT molecular complexity index is 1150. The molecule has 3 N–H and O–H groups in total. The lowest BCUT2D eigenvalue weighted by Gasteiger charge is -2.44. The SMILES string of the molecule is O=C(NC(Cc1ccccc1)C(=O)N1CCC2(CC1)NCCc1[nH]cnc12)c1ccc(Br)cc1. The zero-order valence-corrected chi connectivity index (χ0v) is 20.5. The van der Waals surface area contributed by atoms with Crippen molar-refractivity contribution in [3.63, 3.8) is 0 Å². The maximum Gasteiger partial charge on any atom is 0.251 e. The molecular formula is C26H28BrN5O2. The molecule has 5 rings (SSSR count). The van der Waals surface area contributed by atoms with Gasteiger partial charge in [-0.15, -0.1) is 0 Å². The van der Waals surface area contributed by atoms with Gasteiger partial charge in [0.2, 0.25) is 5.91 Å². The average Bonchev–Trinajstić information content (AvgIpc) is 3.35. The molecule has 3 heterocycles. The molecule has 3 aromatic rings. The van der Waals surface area contributed by atoms with Crippen molar-refractivity contribution < 1.29 is 9.59 Å². The Balaban J connectivity index is 1.31. The molecule has 0 bridgehead atoms. The zero-order chi connectivity index (χ0) is 23.5. The highest BCUT2D eigenvalue weighted by atomic mass is 79.9. The van der Waals surface area contributed by atoms with Gasteiger partial charge in [0, 0.05) is 48.2 Å². The second-order valence-corrected chi connectivity index (χ2v) is 9.95. The summed E-state index contributed by atoms with van der Waals surface area (Å²) in [6.45, 7) is 2.15. The van der Waals surface area contributed by atoms with E-state index in [9.17, 15) is 9.59 Å². The lowest BCUT2D eigenvalue weighted by molar-refractivity contribution is -0.135. The third-order valence-electron chi connectivity index (χ3n) is 6.93. The summed E-state index contributed by atoms with van der Waals surface area (Å²) in [4.78, 5) is 36.4. The molecule has 1 saturated heterocycles. The fourth-order valence-electron chi connectivity index (χ4n) is 5.07.